The van der Waals surface area contributed by atoms with E-state index in [1.54, 1.807) is 6.07 Å². The molecule has 5 rings (SSSR count). The van der Waals surface area contributed by atoms with Crippen molar-refractivity contribution in [3.63, 3.8) is 0 Å². The van der Waals surface area contributed by atoms with E-state index in [-0.39, 0.29) is 41.5 Å². The Morgan fingerprint density at radius 2 is 1.77 bits per heavy atom. The molecule has 3 aliphatic rings. The van der Waals surface area contributed by atoms with Gasteiger partial charge in [-0.25, -0.2) is 4.39 Å². The molecule has 1 unspecified atom stereocenters. The largest absolute Gasteiger partial charge is 0.369 e. The molecule has 3 heterocycles. The predicted octanol–water partition coefficient (Wildman–Crippen LogP) is 3.64. The average Bonchev–Trinajstić information content (AvgIpc) is 3.14. The Balaban J connectivity index is 1.29. The van der Waals surface area contributed by atoms with Gasteiger partial charge >= 0.3 is 0 Å². The molecule has 0 radical (unpaired) electrons. The van der Waals surface area contributed by atoms with E-state index in [0.29, 0.717) is 38.9 Å². The van der Waals surface area contributed by atoms with Crippen LogP contribution in [0.15, 0.2) is 48.5 Å². The SMILES string of the molecule is CC1(C)C(=O)N(C2CCN(C(=O)[C@H](CCc3ccccc3)N3CCCC(C(N)=O)C3)CC2)c2ccc(F)cc21. The molecule has 0 saturated carbocycles. The smallest absolute Gasteiger partial charge is 0.239 e. The van der Waals surface area contributed by atoms with Crippen LogP contribution in [0.5, 0.6) is 0 Å². The first kappa shape index (κ1) is 27.3. The van der Waals surface area contributed by atoms with Gasteiger partial charge in [-0.2, -0.15) is 0 Å². The quantitative estimate of drug-likeness (QED) is 0.588. The summed E-state index contributed by atoms with van der Waals surface area (Å²) in [4.78, 5) is 45.3. The van der Waals surface area contributed by atoms with Crippen LogP contribution in [0.3, 0.4) is 0 Å². The number of nitrogens with two attached hydrogens (primary N) is 1. The molecule has 7 nitrogen and oxygen atoms in total. The number of amides is 3. The monoisotopic (exact) mass is 534 g/mol. The number of anilines is 1. The zero-order valence-corrected chi connectivity index (χ0v) is 22.9. The van der Waals surface area contributed by atoms with Crippen LogP contribution in [0, 0.1) is 11.7 Å². The average molecular weight is 535 g/mol. The van der Waals surface area contributed by atoms with Crippen LogP contribution in [-0.4, -0.2) is 65.8 Å². The summed E-state index contributed by atoms with van der Waals surface area (Å²) in [5.74, 6) is -0.793. The lowest BCUT2D eigenvalue weighted by atomic mass is 9.86. The number of likely N-dealkylation sites (tertiary alicyclic amines) is 2. The molecule has 0 spiro atoms. The fourth-order valence-corrected chi connectivity index (χ4v) is 6.59. The van der Waals surface area contributed by atoms with E-state index in [1.165, 1.54) is 17.7 Å². The summed E-state index contributed by atoms with van der Waals surface area (Å²) < 4.78 is 14.0. The first-order valence-corrected chi connectivity index (χ1v) is 14.2. The Hall–Kier alpha value is -3.26. The maximum absolute atomic E-state index is 14.0. The number of rotatable bonds is 7. The summed E-state index contributed by atoms with van der Waals surface area (Å²) in [6.07, 6.45) is 4.39. The van der Waals surface area contributed by atoms with E-state index >= 15 is 0 Å². The Morgan fingerprint density at radius 1 is 1.05 bits per heavy atom. The van der Waals surface area contributed by atoms with Gasteiger partial charge in [0.25, 0.3) is 0 Å². The third kappa shape index (κ3) is 5.44. The van der Waals surface area contributed by atoms with Gasteiger partial charge in [0.05, 0.1) is 17.4 Å². The molecule has 2 N–H and O–H groups in total. The molecule has 0 aliphatic carbocycles. The van der Waals surface area contributed by atoms with E-state index in [2.05, 4.69) is 17.0 Å². The number of piperidine rings is 2. The highest BCUT2D eigenvalue weighted by Crippen LogP contribution is 2.44. The van der Waals surface area contributed by atoms with Crippen molar-refractivity contribution in [3.05, 3.63) is 65.5 Å². The van der Waals surface area contributed by atoms with Crippen LogP contribution in [-0.2, 0) is 26.2 Å². The fraction of sp³-hybridized carbons (Fsp3) is 0.516. The Bertz CT molecular complexity index is 1230. The summed E-state index contributed by atoms with van der Waals surface area (Å²) >= 11 is 0. The standard InChI is InChI=1S/C31H39FN4O3/c1-31(2)25-19-23(32)11-13-26(25)36(30(31)39)24-14-17-34(18-15-24)29(38)27(12-10-21-7-4-3-5-8-21)35-16-6-9-22(20-35)28(33)37/h3-5,7-8,11,13,19,22,24,27H,6,9-10,12,14-18,20H2,1-2H3,(H2,33,37)/t22?,27-/m0/s1. The lowest BCUT2D eigenvalue weighted by Gasteiger charge is -2.42. The topological polar surface area (TPSA) is 87.0 Å². The fourth-order valence-electron chi connectivity index (χ4n) is 6.59. The predicted molar refractivity (Wildman–Crippen MR) is 149 cm³/mol. The van der Waals surface area contributed by atoms with Crippen LogP contribution >= 0.6 is 0 Å². The van der Waals surface area contributed by atoms with Crippen molar-refractivity contribution in [3.8, 4) is 0 Å². The molecule has 2 fully saturated rings. The molecule has 3 aliphatic heterocycles. The highest BCUT2D eigenvalue weighted by molar-refractivity contribution is 6.08. The van der Waals surface area contributed by atoms with Crippen molar-refractivity contribution in [1.82, 2.24) is 9.80 Å². The number of primary amides is 1. The Kier molecular flexibility index (Phi) is 7.76. The highest BCUT2D eigenvalue weighted by Gasteiger charge is 2.47. The van der Waals surface area contributed by atoms with Crippen molar-refractivity contribution in [2.45, 2.75) is 69.9 Å². The molecular formula is C31H39FN4O3. The first-order valence-electron chi connectivity index (χ1n) is 14.2. The summed E-state index contributed by atoms with van der Waals surface area (Å²) in [6.45, 7) is 6.10. The van der Waals surface area contributed by atoms with Crippen LogP contribution in [0.1, 0.15) is 57.1 Å². The van der Waals surface area contributed by atoms with E-state index < -0.39 is 5.41 Å². The number of benzene rings is 2. The number of nitrogens with zero attached hydrogens (tertiary/aromatic N) is 3. The molecule has 208 valence electrons. The number of aryl methyl sites for hydroxylation is 1. The number of carbonyl (C=O) groups is 3. The van der Waals surface area contributed by atoms with Crippen LogP contribution < -0.4 is 10.6 Å². The summed E-state index contributed by atoms with van der Waals surface area (Å²) in [7, 11) is 0. The van der Waals surface area contributed by atoms with Gasteiger partial charge in [-0.1, -0.05) is 30.3 Å². The van der Waals surface area contributed by atoms with Crippen molar-refractivity contribution < 1.29 is 18.8 Å². The second kappa shape index (κ2) is 11.1. The van der Waals surface area contributed by atoms with Gasteiger partial charge in [-0.05, 0) is 88.2 Å². The maximum Gasteiger partial charge on any atom is 0.239 e. The summed E-state index contributed by atoms with van der Waals surface area (Å²) in [5, 5.41) is 0. The normalized spacial score (nSPS) is 22.5. The van der Waals surface area contributed by atoms with E-state index in [0.717, 1.165) is 37.1 Å². The molecule has 2 atom stereocenters. The minimum atomic E-state index is -0.780. The molecular weight excluding hydrogens is 495 g/mol. The Morgan fingerprint density at radius 3 is 2.46 bits per heavy atom. The van der Waals surface area contributed by atoms with E-state index in [1.807, 2.05) is 41.8 Å². The van der Waals surface area contributed by atoms with Crippen molar-refractivity contribution in [2.75, 3.05) is 31.1 Å². The third-order valence-corrected chi connectivity index (χ3v) is 8.92. The second-order valence-corrected chi connectivity index (χ2v) is 11.8. The zero-order chi connectivity index (χ0) is 27.7. The minimum Gasteiger partial charge on any atom is -0.369 e. The van der Waals surface area contributed by atoms with Gasteiger partial charge in [-0.3, -0.25) is 19.3 Å². The highest BCUT2D eigenvalue weighted by atomic mass is 19.1. The zero-order valence-electron chi connectivity index (χ0n) is 22.9. The van der Waals surface area contributed by atoms with Gasteiger partial charge in [0.2, 0.25) is 17.7 Å². The molecule has 2 aromatic carbocycles. The van der Waals surface area contributed by atoms with Gasteiger partial charge in [-0.15, -0.1) is 0 Å². The molecule has 0 bridgehead atoms. The summed E-state index contributed by atoms with van der Waals surface area (Å²) in [6, 6.07) is 14.4. The van der Waals surface area contributed by atoms with E-state index in [4.69, 9.17) is 5.73 Å². The number of halogens is 1. The number of carbonyl (C=O) groups excluding carboxylic acids is 3. The number of hydrogen-bond donors (Lipinski definition) is 1. The summed E-state index contributed by atoms with van der Waals surface area (Å²) in [5.41, 5.74) is 7.55. The lowest BCUT2D eigenvalue weighted by Crippen LogP contribution is -2.56. The van der Waals surface area contributed by atoms with Crippen LogP contribution in [0.2, 0.25) is 0 Å². The number of fused-ring (bicyclic) bond motifs is 1. The molecule has 0 aromatic heterocycles. The first-order chi connectivity index (χ1) is 18.7. The van der Waals surface area contributed by atoms with Crippen LogP contribution in [0.25, 0.3) is 0 Å². The minimum absolute atomic E-state index is 0.0144. The molecule has 3 amide bonds. The molecule has 39 heavy (non-hydrogen) atoms. The van der Waals surface area contributed by atoms with Crippen LogP contribution in [0.4, 0.5) is 10.1 Å². The lowest BCUT2D eigenvalue weighted by molar-refractivity contribution is -0.140. The Labute approximate surface area is 230 Å². The van der Waals surface area contributed by atoms with Gasteiger partial charge in [0.15, 0.2) is 0 Å². The van der Waals surface area contributed by atoms with Crippen molar-refractivity contribution >= 4 is 23.4 Å². The third-order valence-electron chi connectivity index (χ3n) is 8.92. The van der Waals surface area contributed by atoms with Crippen molar-refractivity contribution in [1.29, 1.82) is 0 Å². The van der Waals surface area contributed by atoms with Crippen molar-refractivity contribution in [2.24, 2.45) is 11.7 Å². The van der Waals surface area contributed by atoms with E-state index in [9.17, 15) is 18.8 Å². The van der Waals surface area contributed by atoms with Gasteiger partial charge < -0.3 is 15.5 Å². The maximum atomic E-state index is 14.0. The molecule has 2 saturated heterocycles. The van der Waals surface area contributed by atoms with Gasteiger partial charge in [0, 0.05) is 31.4 Å². The van der Waals surface area contributed by atoms with Gasteiger partial charge in [0.1, 0.15) is 5.82 Å². The molecule has 8 heteroatoms. The second-order valence-electron chi connectivity index (χ2n) is 11.8. The molecule has 2 aromatic rings. The number of hydrogen-bond acceptors (Lipinski definition) is 4.